The molecule has 0 aromatic heterocycles. The second kappa shape index (κ2) is 9.35. The zero-order valence-corrected chi connectivity index (χ0v) is 19.8. The van der Waals surface area contributed by atoms with Gasteiger partial charge in [0.05, 0.1) is 6.61 Å². The molecule has 0 fully saturated rings. The summed E-state index contributed by atoms with van der Waals surface area (Å²) in [7, 11) is -2.09. The molecule has 0 saturated carbocycles. The fourth-order valence-corrected chi connectivity index (χ4v) is 4.47. The highest BCUT2D eigenvalue weighted by atomic mass is 79.9. The molecule has 0 aliphatic rings. The smallest absolute Gasteiger partial charge is 0.248 e. The maximum Gasteiger partial charge on any atom is 0.248 e. The second-order valence-corrected chi connectivity index (χ2v) is 14.1. The van der Waals surface area contributed by atoms with Crippen molar-refractivity contribution in [1.82, 2.24) is 0 Å². The van der Waals surface area contributed by atoms with E-state index in [2.05, 4.69) is 49.8 Å². The number of rotatable bonds is 8. The Morgan fingerprint density at radius 1 is 1.11 bits per heavy atom. The van der Waals surface area contributed by atoms with E-state index in [1.165, 1.54) is 0 Å². The molecule has 152 valence electrons. The van der Waals surface area contributed by atoms with Crippen LogP contribution in [0, 0.1) is 0 Å². The molecule has 0 spiro atoms. The molecule has 2 unspecified atom stereocenters. The van der Waals surface area contributed by atoms with Gasteiger partial charge in [0, 0.05) is 5.56 Å². The minimum absolute atomic E-state index is 0.0404. The largest absolute Gasteiger partial charge is 0.406 e. The summed E-state index contributed by atoms with van der Waals surface area (Å²) in [6.45, 7) is 11.5. The molecule has 2 aromatic carbocycles. The first-order valence-corrected chi connectivity index (χ1v) is 13.2. The molecule has 2 N–H and O–H groups in total. The van der Waals surface area contributed by atoms with Gasteiger partial charge in [-0.1, -0.05) is 79.2 Å². The predicted octanol–water partition coefficient (Wildman–Crippen LogP) is 5.79. The van der Waals surface area contributed by atoms with E-state index >= 15 is 0 Å². The Morgan fingerprint density at radius 3 is 2.32 bits per heavy atom. The van der Waals surface area contributed by atoms with Gasteiger partial charge >= 0.3 is 0 Å². The third-order valence-electron chi connectivity index (χ3n) is 5.22. The van der Waals surface area contributed by atoms with E-state index < -0.39 is 14.2 Å². The number of primary amides is 1. The van der Waals surface area contributed by atoms with Crippen LogP contribution in [0.3, 0.4) is 0 Å². The summed E-state index contributed by atoms with van der Waals surface area (Å²) >= 11 is 3.68. The molecular weight excluding hydrogens is 434 g/mol. The van der Waals surface area contributed by atoms with E-state index in [0.29, 0.717) is 12.2 Å². The Morgan fingerprint density at radius 2 is 1.75 bits per heavy atom. The quantitative estimate of drug-likeness (QED) is 0.398. The maximum atomic E-state index is 11.6. The molecule has 28 heavy (non-hydrogen) atoms. The van der Waals surface area contributed by atoms with E-state index in [0.717, 1.165) is 11.1 Å². The molecule has 0 aliphatic carbocycles. The summed E-state index contributed by atoms with van der Waals surface area (Å²) in [4.78, 5) is 11.6. The highest BCUT2D eigenvalue weighted by Crippen LogP contribution is 2.42. The standard InChI is InChI=1S/C22H30BrNO3Si/c1-22(2,3)28(4,5)27-19(17-12-9-13-18(14-17)21(24)25)20(23)26-15-16-10-7-6-8-11-16/h6-14,19-20H,15H2,1-5H3,(H2,24,25). The lowest BCUT2D eigenvalue weighted by atomic mass is 10.1. The third-order valence-corrected chi connectivity index (χ3v) is 10.4. The van der Waals surface area contributed by atoms with Crippen molar-refractivity contribution in [3.05, 3.63) is 71.3 Å². The molecule has 0 bridgehead atoms. The minimum atomic E-state index is -2.09. The van der Waals surface area contributed by atoms with Gasteiger partial charge in [-0.2, -0.15) is 0 Å². The summed E-state index contributed by atoms with van der Waals surface area (Å²) in [6, 6.07) is 17.3. The summed E-state index contributed by atoms with van der Waals surface area (Å²) in [5, 5.41) is -0.330. The van der Waals surface area contributed by atoms with Crippen molar-refractivity contribution in [1.29, 1.82) is 0 Å². The van der Waals surface area contributed by atoms with Crippen molar-refractivity contribution in [2.45, 2.75) is 56.6 Å². The summed E-state index contributed by atoms with van der Waals surface area (Å²) in [5.41, 5.74) is 7.90. The van der Waals surface area contributed by atoms with Crippen LogP contribution in [0.15, 0.2) is 54.6 Å². The van der Waals surface area contributed by atoms with Crippen molar-refractivity contribution < 1.29 is 14.0 Å². The van der Waals surface area contributed by atoms with Crippen LogP contribution in [0.2, 0.25) is 18.1 Å². The van der Waals surface area contributed by atoms with Crippen LogP contribution in [-0.2, 0) is 15.8 Å². The van der Waals surface area contributed by atoms with Crippen LogP contribution in [0.25, 0.3) is 0 Å². The topological polar surface area (TPSA) is 61.5 Å². The number of amides is 1. The lowest BCUT2D eigenvalue weighted by Crippen LogP contribution is -2.43. The van der Waals surface area contributed by atoms with Gasteiger partial charge in [0.15, 0.2) is 8.32 Å². The van der Waals surface area contributed by atoms with E-state index in [-0.39, 0.29) is 16.2 Å². The van der Waals surface area contributed by atoms with Crippen LogP contribution in [0.1, 0.15) is 48.4 Å². The van der Waals surface area contributed by atoms with Gasteiger partial charge in [-0.3, -0.25) is 4.79 Å². The molecule has 4 nitrogen and oxygen atoms in total. The van der Waals surface area contributed by atoms with Crippen molar-refractivity contribution in [3.8, 4) is 0 Å². The summed E-state index contributed by atoms with van der Waals surface area (Å²) in [6.07, 6.45) is -0.357. The summed E-state index contributed by atoms with van der Waals surface area (Å²) < 4.78 is 12.8. The van der Waals surface area contributed by atoms with Crippen molar-refractivity contribution in [2.24, 2.45) is 5.73 Å². The number of halogens is 1. The first-order valence-electron chi connectivity index (χ1n) is 9.38. The van der Waals surface area contributed by atoms with Gasteiger partial charge in [0.2, 0.25) is 5.91 Å². The Bertz CT molecular complexity index is 790. The number of benzene rings is 2. The first kappa shape index (κ1) is 22.8. The number of carbonyl (C=O) groups is 1. The number of alkyl halides is 1. The number of hydrogen-bond acceptors (Lipinski definition) is 3. The summed E-state index contributed by atoms with van der Waals surface area (Å²) in [5.74, 6) is -0.454. The van der Waals surface area contributed by atoms with Crippen molar-refractivity contribution >= 4 is 30.2 Å². The maximum absolute atomic E-state index is 11.6. The zero-order chi connectivity index (χ0) is 20.9. The molecular formula is C22H30BrNO3Si. The normalized spacial score (nSPS) is 14.5. The van der Waals surface area contributed by atoms with Gasteiger partial charge < -0.3 is 14.9 Å². The van der Waals surface area contributed by atoms with Crippen LogP contribution < -0.4 is 5.73 Å². The van der Waals surface area contributed by atoms with E-state index in [4.69, 9.17) is 14.9 Å². The van der Waals surface area contributed by atoms with Gasteiger partial charge in [0.1, 0.15) is 11.1 Å². The van der Waals surface area contributed by atoms with Crippen molar-refractivity contribution in [2.75, 3.05) is 0 Å². The van der Waals surface area contributed by atoms with Crippen LogP contribution >= 0.6 is 15.9 Å². The van der Waals surface area contributed by atoms with Crippen LogP contribution in [0.5, 0.6) is 0 Å². The minimum Gasteiger partial charge on any atom is -0.406 e. The average molecular weight is 464 g/mol. The second-order valence-electron chi connectivity index (χ2n) is 8.44. The third kappa shape index (κ3) is 6.01. The Balaban J connectivity index is 2.29. The molecule has 6 heteroatoms. The molecule has 2 rings (SSSR count). The lowest BCUT2D eigenvalue weighted by Gasteiger charge is -2.40. The van der Waals surface area contributed by atoms with Crippen molar-refractivity contribution in [3.63, 3.8) is 0 Å². The molecule has 0 saturated heterocycles. The molecule has 2 atom stereocenters. The number of ether oxygens (including phenoxy) is 1. The highest BCUT2D eigenvalue weighted by molar-refractivity contribution is 9.09. The zero-order valence-electron chi connectivity index (χ0n) is 17.2. The fraction of sp³-hybridized carbons (Fsp3) is 0.409. The van der Waals surface area contributed by atoms with E-state index in [1.54, 1.807) is 12.1 Å². The number of hydrogen-bond donors (Lipinski definition) is 1. The number of nitrogens with two attached hydrogens (primary N) is 1. The van der Waals surface area contributed by atoms with Gasteiger partial charge in [-0.15, -0.1) is 0 Å². The monoisotopic (exact) mass is 463 g/mol. The molecule has 1 amide bonds. The molecule has 2 aromatic rings. The first-order chi connectivity index (χ1) is 13.0. The van der Waals surface area contributed by atoms with E-state index in [9.17, 15) is 4.79 Å². The average Bonchev–Trinajstić information content (AvgIpc) is 2.64. The van der Waals surface area contributed by atoms with Crippen LogP contribution in [-0.4, -0.2) is 19.2 Å². The Kier molecular flexibility index (Phi) is 7.62. The van der Waals surface area contributed by atoms with Gasteiger partial charge in [-0.25, -0.2) is 0 Å². The van der Waals surface area contributed by atoms with Gasteiger partial charge in [0.25, 0.3) is 0 Å². The van der Waals surface area contributed by atoms with E-state index in [1.807, 2.05) is 42.5 Å². The number of carbonyl (C=O) groups excluding carboxylic acids is 1. The molecule has 0 heterocycles. The molecule has 0 radical (unpaired) electrons. The lowest BCUT2D eigenvalue weighted by molar-refractivity contribution is 0.0149. The van der Waals surface area contributed by atoms with Crippen LogP contribution in [0.4, 0.5) is 0 Å². The SMILES string of the molecule is CC(C)(C)[Si](C)(C)OC(c1cccc(C(N)=O)c1)C(Br)OCc1ccccc1. The van der Waals surface area contributed by atoms with Gasteiger partial charge in [-0.05, 0) is 41.4 Å². The predicted molar refractivity (Wildman–Crippen MR) is 120 cm³/mol. The Labute approximate surface area is 177 Å². The highest BCUT2D eigenvalue weighted by Gasteiger charge is 2.41. The molecule has 0 aliphatic heterocycles. The Hall–Kier alpha value is -1.47. The fourth-order valence-electron chi connectivity index (χ4n) is 2.47.